The number of nitrogens with zero attached hydrogens (tertiary/aromatic N) is 1. The highest BCUT2D eigenvalue weighted by Crippen LogP contribution is 2.41. The molecule has 0 radical (unpaired) electrons. The van der Waals surface area contributed by atoms with E-state index in [2.05, 4.69) is 4.99 Å². The van der Waals surface area contributed by atoms with E-state index in [9.17, 15) is 9.18 Å². The average molecular weight is 326 g/mol. The van der Waals surface area contributed by atoms with Crippen molar-refractivity contribution in [1.82, 2.24) is 0 Å². The Balaban J connectivity index is 2.18. The van der Waals surface area contributed by atoms with E-state index in [0.29, 0.717) is 16.8 Å². The van der Waals surface area contributed by atoms with Crippen LogP contribution in [0.15, 0.2) is 51.2 Å². The number of rotatable bonds is 1. The minimum Gasteiger partial charge on any atom is -0.276 e. The Morgan fingerprint density at radius 2 is 1.90 bits per heavy atom. The largest absolute Gasteiger partial charge is 0.276 e. The number of benzene rings is 2. The zero-order valence-electron chi connectivity index (χ0n) is 9.86. The number of fused-ring (bicyclic) bond motifs is 2. The van der Waals surface area contributed by atoms with Gasteiger partial charge < -0.3 is 0 Å². The molecule has 6 heteroatoms. The van der Waals surface area contributed by atoms with Gasteiger partial charge in [0, 0.05) is 20.9 Å². The van der Waals surface area contributed by atoms with Crippen LogP contribution in [0.25, 0.3) is 0 Å². The van der Waals surface area contributed by atoms with Gasteiger partial charge in [0.2, 0.25) is 0 Å². The summed E-state index contributed by atoms with van der Waals surface area (Å²) in [6, 6.07) is 9.32. The van der Waals surface area contributed by atoms with Crippen LogP contribution >= 0.6 is 35.0 Å². The van der Waals surface area contributed by atoms with Crippen molar-refractivity contribution < 1.29 is 9.18 Å². The summed E-state index contributed by atoms with van der Waals surface area (Å²) in [4.78, 5) is 17.1. The summed E-state index contributed by atoms with van der Waals surface area (Å²) in [5, 5.41) is -0.373. The lowest BCUT2D eigenvalue weighted by Crippen LogP contribution is -1.93. The van der Waals surface area contributed by atoms with Gasteiger partial charge in [-0.25, -0.2) is 9.38 Å². The Labute approximate surface area is 128 Å². The van der Waals surface area contributed by atoms with Gasteiger partial charge in [-0.05, 0) is 48.0 Å². The maximum absolute atomic E-state index is 13.3. The number of hydrogen-bond acceptors (Lipinski definition) is 3. The summed E-state index contributed by atoms with van der Waals surface area (Å²) < 4.78 is 13.3. The first-order valence-corrected chi connectivity index (χ1v) is 7.18. The van der Waals surface area contributed by atoms with Crippen molar-refractivity contribution in [3.05, 3.63) is 53.3 Å². The highest BCUT2D eigenvalue weighted by atomic mass is 35.5. The van der Waals surface area contributed by atoms with Crippen LogP contribution in [-0.2, 0) is 0 Å². The van der Waals surface area contributed by atoms with Crippen LogP contribution in [0.4, 0.5) is 10.1 Å². The second kappa shape index (κ2) is 5.20. The number of hydrogen-bond donors (Lipinski definition) is 0. The Morgan fingerprint density at radius 3 is 2.65 bits per heavy atom. The molecule has 2 aromatic carbocycles. The van der Waals surface area contributed by atoms with Crippen molar-refractivity contribution in [2.75, 3.05) is 0 Å². The molecule has 1 aliphatic heterocycles. The van der Waals surface area contributed by atoms with E-state index in [1.165, 1.54) is 23.9 Å². The van der Waals surface area contributed by atoms with Crippen molar-refractivity contribution >= 4 is 51.1 Å². The molecule has 0 saturated heterocycles. The predicted molar refractivity (Wildman–Crippen MR) is 79.2 cm³/mol. The maximum atomic E-state index is 13.3. The van der Waals surface area contributed by atoms with Crippen molar-refractivity contribution in [1.29, 1.82) is 0 Å². The van der Waals surface area contributed by atoms with Gasteiger partial charge in [-0.2, -0.15) is 0 Å². The van der Waals surface area contributed by atoms with E-state index < -0.39 is 5.24 Å². The van der Waals surface area contributed by atoms with Gasteiger partial charge in [-0.3, -0.25) is 4.79 Å². The fraction of sp³-hybridized carbons (Fsp3) is 0. The van der Waals surface area contributed by atoms with Crippen LogP contribution in [0, 0.1) is 5.82 Å². The molecule has 0 atom stereocenters. The van der Waals surface area contributed by atoms with Crippen LogP contribution in [0.1, 0.15) is 15.9 Å². The van der Waals surface area contributed by atoms with Crippen LogP contribution in [0.2, 0.25) is 0 Å². The van der Waals surface area contributed by atoms with Crippen LogP contribution in [0.3, 0.4) is 0 Å². The van der Waals surface area contributed by atoms with Crippen molar-refractivity contribution in [3.63, 3.8) is 0 Å². The van der Waals surface area contributed by atoms with Crippen LogP contribution in [-0.4, -0.2) is 10.4 Å². The SMILES string of the molecule is O=C(Cl)c1ccc2c(c1)N=C(Cl)c1cc(F)ccc1S2. The minimum atomic E-state index is -0.558. The summed E-state index contributed by atoms with van der Waals surface area (Å²) in [7, 11) is 0. The van der Waals surface area contributed by atoms with E-state index in [-0.39, 0.29) is 11.0 Å². The Bertz CT molecular complexity index is 761. The fourth-order valence-electron chi connectivity index (χ4n) is 1.85. The number of carbonyl (C=O) groups excluding carboxylic acids is 1. The lowest BCUT2D eigenvalue weighted by atomic mass is 10.2. The molecule has 2 aromatic rings. The molecule has 1 heterocycles. The molecule has 1 aliphatic rings. The van der Waals surface area contributed by atoms with Crippen molar-refractivity contribution in [2.24, 2.45) is 4.99 Å². The molecule has 0 aliphatic carbocycles. The molecule has 2 nitrogen and oxygen atoms in total. The third-order valence-corrected chi connectivity index (χ3v) is 4.44. The second-order valence-electron chi connectivity index (χ2n) is 4.10. The normalized spacial score (nSPS) is 13.1. The van der Waals surface area contributed by atoms with Gasteiger partial charge >= 0.3 is 0 Å². The third kappa shape index (κ3) is 2.46. The quantitative estimate of drug-likeness (QED) is 0.691. The monoisotopic (exact) mass is 325 g/mol. The standard InChI is InChI=1S/C14H6Cl2FNOS/c15-13-9-6-8(17)2-4-11(9)20-12-3-1-7(14(16)19)5-10(12)18-13/h1-6H. The molecular formula is C14H6Cl2FNOS. The third-order valence-electron chi connectivity index (χ3n) is 2.79. The van der Waals surface area contributed by atoms with Gasteiger partial charge in [0.05, 0.1) is 5.69 Å². The number of carbonyl (C=O) groups is 1. The summed E-state index contributed by atoms with van der Waals surface area (Å²) in [6.45, 7) is 0. The molecule has 20 heavy (non-hydrogen) atoms. The molecule has 100 valence electrons. The molecule has 0 bridgehead atoms. The fourth-order valence-corrected chi connectivity index (χ4v) is 3.25. The zero-order valence-corrected chi connectivity index (χ0v) is 12.2. The van der Waals surface area contributed by atoms with Crippen molar-refractivity contribution in [2.45, 2.75) is 9.79 Å². The number of aliphatic imine (C=N–C) groups is 1. The summed E-state index contributed by atoms with van der Waals surface area (Å²) in [5.41, 5.74) is 1.42. The molecule has 0 saturated carbocycles. The molecular weight excluding hydrogens is 320 g/mol. The first-order valence-electron chi connectivity index (χ1n) is 5.60. The van der Waals surface area contributed by atoms with Crippen LogP contribution in [0.5, 0.6) is 0 Å². The molecule has 0 N–H and O–H groups in total. The van der Waals surface area contributed by atoms with E-state index in [4.69, 9.17) is 23.2 Å². The molecule has 0 spiro atoms. The first kappa shape index (κ1) is 13.6. The lowest BCUT2D eigenvalue weighted by Gasteiger charge is -2.05. The molecule has 0 unspecified atom stereocenters. The Morgan fingerprint density at radius 1 is 1.15 bits per heavy atom. The molecule has 0 amide bonds. The smallest absolute Gasteiger partial charge is 0.252 e. The summed E-state index contributed by atoms with van der Waals surface area (Å²) >= 11 is 13.0. The van der Waals surface area contributed by atoms with E-state index >= 15 is 0 Å². The first-order chi connectivity index (χ1) is 9.54. The lowest BCUT2D eigenvalue weighted by molar-refractivity contribution is 0.108. The average Bonchev–Trinajstić information content (AvgIpc) is 2.54. The van der Waals surface area contributed by atoms with Gasteiger partial charge in [0.25, 0.3) is 5.24 Å². The summed E-state index contributed by atoms with van der Waals surface area (Å²) in [5.74, 6) is -0.375. The van der Waals surface area contributed by atoms with Gasteiger partial charge in [0.1, 0.15) is 11.0 Å². The Hall–Kier alpha value is -1.36. The van der Waals surface area contributed by atoms with E-state index in [0.717, 1.165) is 9.79 Å². The van der Waals surface area contributed by atoms with Crippen molar-refractivity contribution in [3.8, 4) is 0 Å². The van der Waals surface area contributed by atoms with Gasteiger partial charge in [-0.1, -0.05) is 23.4 Å². The van der Waals surface area contributed by atoms with Gasteiger partial charge in [-0.15, -0.1) is 0 Å². The predicted octanol–water partition coefficient (Wildman–Crippen LogP) is 4.99. The highest BCUT2D eigenvalue weighted by Gasteiger charge is 2.18. The molecule has 0 aromatic heterocycles. The Kier molecular flexibility index (Phi) is 3.54. The zero-order chi connectivity index (χ0) is 14.3. The number of halogens is 3. The maximum Gasteiger partial charge on any atom is 0.252 e. The van der Waals surface area contributed by atoms with Crippen LogP contribution < -0.4 is 0 Å². The molecule has 0 fully saturated rings. The summed E-state index contributed by atoms with van der Waals surface area (Å²) in [6.07, 6.45) is 0. The topological polar surface area (TPSA) is 29.4 Å². The molecule has 3 rings (SSSR count). The van der Waals surface area contributed by atoms with Gasteiger partial charge in [0.15, 0.2) is 0 Å². The minimum absolute atomic E-state index is 0.185. The second-order valence-corrected chi connectivity index (χ2v) is 5.89. The van der Waals surface area contributed by atoms with E-state index in [1.54, 1.807) is 24.3 Å². The van der Waals surface area contributed by atoms with E-state index in [1.807, 2.05) is 0 Å². The highest BCUT2D eigenvalue weighted by molar-refractivity contribution is 7.99.